The molecule has 0 saturated heterocycles. The van der Waals surface area contributed by atoms with Gasteiger partial charge in [0.2, 0.25) is 0 Å². The minimum absolute atomic E-state index is 0.119. The molecule has 0 radical (unpaired) electrons. The Morgan fingerprint density at radius 2 is 2.00 bits per heavy atom. The summed E-state index contributed by atoms with van der Waals surface area (Å²) in [5, 5.41) is 10.0. The summed E-state index contributed by atoms with van der Waals surface area (Å²) in [5.41, 5.74) is 1.56. The van der Waals surface area contributed by atoms with E-state index in [0.29, 0.717) is 22.8 Å². The molecular weight excluding hydrogens is 208 g/mol. The molecule has 1 aromatic heterocycles. The highest BCUT2D eigenvalue weighted by Crippen LogP contribution is 2.36. The average Bonchev–Trinajstić information content (AvgIpc) is 2.65. The molecule has 2 rings (SSSR count). The fraction of sp³-hybridized carbons (Fsp3) is 0.333. The number of fused-ring (bicyclic) bond motifs is 1. The third-order valence-corrected chi connectivity index (χ3v) is 2.68. The maximum absolute atomic E-state index is 9.14. The Balaban J connectivity index is 2.76. The maximum Gasteiger partial charge on any atom is 0.176 e. The van der Waals surface area contributed by atoms with Crippen molar-refractivity contribution in [2.24, 2.45) is 0 Å². The molecule has 1 aromatic carbocycles. The number of ether oxygens (including phenoxy) is 2. The smallest absolute Gasteiger partial charge is 0.176 e. The van der Waals surface area contributed by atoms with Crippen LogP contribution in [-0.4, -0.2) is 19.3 Å². The van der Waals surface area contributed by atoms with Gasteiger partial charge in [-0.3, -0.25) is 0 Å². The number of methoxy groups -OCH3 is 2. The van der Waals surface area contributed by atoms with Crippen LogP contribution in [0.3, 0.4) is 0 Å². The Kier molecular flexibility index (Phi) is 2.75. The first-order valence-electron chi connectivity index (χ1n) is 4.96. The van der Waals surface area contributed by atoms with Crippen molar-refractivity contribution in [3.8, 4) is 11.5 Å². The summed E-state index contributed by atoms with van der Waals surface area (Å²) in [6, 6.07) is 3.63. The Morgan fingerprint density at radius 1 is 1.25 bits per heavy atom. The molecule has 0 aliphatic rings. The lowest BCUT2D eigenvalue weighted by Gasteiger charge is -2.04. The number of aryl methyl sites for hydroxylation is 1. The van der Waals surface area contributed by atoms with E-state index in [1.165, 1.54) is 0 Å². The van der Waals surface area contributed by atoms with Crippen molar-refractivity contribution in [3.63, 3.8) is 0 Å². The highest BCUT2D eigenvalue weighted by molar-refractivity contribution is 5.88. The van der Waals surface area contributed by atoms with Crippen molar-refractivity contribution in [1.82, 2.24) is 0 Å². The van der Waals surface area contributed by atoms with Crippen LogP contribution in [0.25, 0.3) is 11.0 Å². The lowest BCUT2D eigenvalue weighted by atomic mass is 10.1. The van der Waals surface area contributed by atoms with Gasteiger partial charge in [-0.15, -0.1) is 0 Å². The molecule has 0 atom stereocenters. The van der Waals surface area contributed by atoms with E-state index in [1.54, 1.807) is 20.3 Å². The molecular formula is C12H14O4. The van der Waals surface area contributed by atoms with Crippen molar-refractivity contribution in [3.05, 3.63) is 23.5 Å². The predicted octanol–water partition coefficient (Wildman–Crippen LogP) is 2.25. The van der Waals surface area contributed by atoms with Gasteiger partial charge in [-0.05, 0) is 13.0 Å². The molecule has 0 amide bonds. The summed E-state index contributed by atoms with van der Waals surface area (Å²) in [4.78, 5) is 0. The Hall–Kier alpha value is -1.68. The van der Waals surface area contributed by atoms with Crippen molar-refractivity contribution in [1.29, 1.82) is 0 Å². The van der Waals surface area contributed by atoms with E-state index in [9.17, 15) is 0 Å². The number of aliphatic hydroxyl groups excluding tert-OH is 1. The van der Waals surface area contributed by atoms with Crippen molar-refractivity contribution >= 4 is 11.0 Å². The lowest BCUT2D eigenvalue weighted by Crippen LogP contribution is -1.87. The number of hydrogen-bond donors (Lipinski definition) is 1. The van der Waals surface area contributed by atoms with E-state index in [2.05, 4.69) is 0 Å². The first-order chi connectivity index (χ1) is 7.71. The highest BCUT2D eigenvalue weighted by Gasteiger charge is 2.15. The Bertz CT molecular complexity index is 513. The van der Waals surface area contributed by atoms with E-state index >= 15 is 0 Å². The number of benzene rings is 1. The van der Waals surface area contributed by atoms with Gasteiger partial charge in [0.25, 0.3) is 0 Å². The zero-order valence-corrected chi connectivity index (χ0v) is 9.53. The molecule has 2 aromatic rings. The Morgan fingerprint density at radius 3 is 2.56 bits per heavy atom. The van der Waals surface area contributed by atoms with Gasteiger partial charge in [-0.1, -0.05) is 0 Å². The van der Waals surface area contributed by atoms with Crippen LogP contribution in [0.1, 0.15) is 11.3 Å². The summed E-state index contributed by atoms with van der Waals surface area (Å²) in [7, 11) is 3.17. The largest absolute Gasteiger partial charge is 0.497 e. The lowest BCUT2D eigenvalue weighted by molar-refractivity contribution is 0.249. The third-order valence-electron chi connectivity index (χ3n) is 2.68. The fourth-order valence-electron chi connectivity index (χ4n) is 1.73. The van der Waals surface area contributed by atoms with Crippen molar-refractivity contribution in [2.45, 2.75) is 13.5 Å². The third kappa shape index (κ3) is 1.51. The van der Waals surface area contributed by atoms with E-state index in [-0.39, 0.29) is 6.61 Å². The zero-order valence-electron chi connectivity index (χ0n) is 9.53. The van der Waals surface area contributed by atoms with Crippen LogP contribution < -0.4 is 9.47 Å². The molecule has 86 valence electrons. The minimum Gasteiger partial charge on any atom is -0.497 e. The number of aliphatic hydroxyl groups is 1. The zero-order chi connectivity index (χ0) is 11.7. The standard InChI is InChI=1S/C12H14O4/c1-7-9-4-8(14-2)5-10(15-3)12(9)16-11(7)6-13/h4-5,13H,6H2,1-3H3. The second-order valence-corrected chi connectivity index (χ2v) is 3.51. The van der Waals surface area contributed by atoms with E-state index in [4.69, 9.17) is 19.0 Å². The quantitative estimate of drug-likeness (QED) is 0.865. The molecule has 0 aliphatic heterocycles. The molecule has 0 saturated carbocycles. The second kappa shape index (κ2) is 4.06. The highest BCUT2D eigenvalue weighted by atomic mass is 16.5. The second-order valence-electron chi connectivity index (χ2n) is 3.51. The Labute approximate surface area is 93.4 Å². The van der Waals surface area contributed by atoms with Crippen LogP contribution in [-0.2, 0) is 6.61 Å². The van der Waals surface area contributed by atoms with E-state index in [1.807, 2.05) is 13.0 Å². The normalized spacial score (nSPS) is 10.8. The van der Waals surface area contributed by atoms with Gasteiger partial charge in [-0.25, -0.2) is 0 Å². The monoisotopic (exact) mass is 222 g/mol. The molecule has 16 heavy (non-hydrogen) atoms. The topological polar surface area (TPSA) is 51.8 Å². The predicted molar refractivity (Wildman–Crippen MR) is 60.0 cm³/mol. The number of rotatable bonds is 3. The summed E-state index contributed by atoms with van der Waals surface area (Å²) in [6.07, 6.45) is 0. The summed E-state index contributed by atoms with van der Waals surface area (Å²) < 4.78 is 15.9. The van der Waals surface area contributed by atoms with Crippen LogP contribution in [0.2, 0.25) is 0 Å². The molecule has 0 unspecified atom stereocenters. The van der Waals surface area contributed by atoms with Crippen LogP contribution >= 0.6 is 0 Å². The molecule has 0 fully saturated rings. The number of furan rings is 1. The van der Waals surface area contributed by atoms with Gasteiger partial charge in [0.1, 0.15) is 18.1 Å². The SMILES string of the molecule is COc1cc(OC)c2oc(CO)c(C)c2c1. The average molecular weight is 222 g/mol. The van der Waals surface area contributed by atoms with Crippen LogP contribution in [0, 0.1) is 6.92 Å². The first kappa shape index (κ1) is 10.8. The van der Waals surface area contributed by atoms with Crippen LogP contribution in [0.15, 0.2) is 16.5 Å². The molecule has 1 N–H and O–H groups in total. The summed E-state index contributed by atoms with van der Waals surface area (Å²) in [6.45, 7) is 1.78. The van der Waals surface area contributed by atoms with Gasteiger partial charge in [0, 0.05) is 17.0 Å². The van der Waals surface area contributed by atoms with Crippen molar-refractivity contribution < 1.29 is 19.0 Å². The van der Waals surface area contributed by atoms with E-state index in [0.717, 1.165) is 10.9 Å². The van der Waals surface area contributed by atoms with Gasteiger partial charge < -0.3 is 19.0 Å². The minimum atomic E-state index is -0.119. The van der Waals surface area contributed by atoms with Gasteiger partial charge in [0.15, 0.2) is 11.3 Å². The fourth-order valence-corrected chi connectivity index (χ4v) is 1.73. The maximum atomic E-state index is 9.14. The van der Waals surface area contributed by atoms with Crippen molar-refractivity contribution in [2.75, 3.05) is 14.2 Å². The summed E-state index contributed by atoms with van der Waals surface area (Å²) in [5.74, 6) is 1.87. The molecule has 0 bridgehead atoms. The van der Waals surface area contributed by atoms with Gasteiger partial charge >= 0.3 is 0 Å². The summed E-state index contributed by atoms with van der Waals surface area (Å²) >= 11 is 0. The molecule has 0 spiro atoms. The van der Waals surface area contributed by atoms with Crippen LogP contribution in [0.5, 0.6) is 11.5 Å². The van der Waals surface area contributed by atoms with E-state index < -0.39 is 0 Å². The molecule has 0 aliphatic carbocycles. The van der Waals surface area contributed by atoms with Gasteiger partial charge in [-0.2, -0.15) is 0 Å². The van der Waals surface area contributed by atoms with Gasteiger partial charge in [0.05, 0.1) is 14.2 Å². The van der Waals surface area contributed by atoms with Crippen LogP contribution in [0.4, 0.5) is 0 Å². The molecule has 4 nitrogen and oxygen atoms in total. The molecule has 1 heterocycles. The first-order valence-corrected chi connectivity index (χ1v) is 4.96. The molecule has 4 heteroatoms. The number of hydrogen-bond acceptors (Lipinski definition) is 4.